The van der Waals surface area contributed by atoms with Crippen LogP contribution in [0.3, 0.4) is 0 Å². The summed E-state index contributed by atoms with van der Waals surface area (Å²) >= 11 is 0. The Bertz CT molecular complexity index is 313. The van der Waals surface area contributed by atoms with Crippen LogP contribution >= 0.6 is 0 Å². The van der Waals surface area contributed by atoms with Crippen LogP contribution < -0.4 is 0 Å². The minimum absolute atomic E-state index is 0.452. The summed E-state index contributed by atoms with van der Waals surface area (Å²) in [6, 6.07) is 0. The number of unbranched alkanes of at least 4 members (excludes halogenated alkanes) is 2. The Morgan fingerprint density at radius 2 is 2.13 bits per heavy atom. The third-order valence-corrected chi connectivity index (χ3v) is 2.38. The van der Waals surface area contributed by atoms with Crippen LogP contribution in [0.4, 0.5) is 0 Å². The second-order valence-electron chi connectivity index (χ2n) is 3.50. The van der Waals surface area contributed by atoms with Gasteiger partial charge in [-0.3, -0.25) is 4.79 Å². The minimum Gasteiger partial charge on any atom is -0.389 e. The van der Waals surface area contributed by atoms with Gasteiger partial charge in [-0.15, -0.1) is 0 Å². The van der Waals surface area contributed by atoms with Gasteiger partial charge in [-0.25, -0.2) is 4.79 Å². The van der Waals surface area contributed by atoms with Crippen molar-refractivity contribution in [2.75, 3.05) is 0 Å². The van der Waals surface area contributed by atoms with Gasteiger partial charge in [0.2, 0.25) is 0 Å². The Labute approximate surface area is 89.8 Å². The number of rotatable bonds is 4. The highest BCUT2D eigenvalue weighted by Gasteiger charge is 2.36. The quantitative estimate of drug-likeness (QED) is 0.234. The lowest BCUT2D eigenvalue weighted by Crippen LogP contribution is -2.05. The molecule has 0 radical (unpaired) electrons. The van der Waals surface area contributed by atoms with E-state index in [2.05, 4.69) is 11.7 Å². The lowest BCUT2D eigenvalue weighted by Gasteiger charge is -1.97. The molecule has 0 aliphatic carbocycles. The fourth-order valence-corrected chi connectivity index (χ4v) is 1.50. The van der Waals surface area contributed by atoms with E-state index in [9.17, 15) is 9.59 Å². The van der Waals surface area contributed by atoms with Crippen LogP contribution in [-0.4, -0.2) is 11.9 Å². The van der Waals surface area contributed by atoms with Gasteiger partial charge in [0.15, 0.2) is 0 Å². The zero-order chi connectivity index (χ0) is 11.3. The summed E-state index contributed by atoms with van der Waals surface area (Å²) in [5.74, 6) is -1.45. The SMILES string of the molecule is CC=C1C(=O)OC(=O)C1C=CCCCC. The van der Waals surface area contributed by atoms with Gasteiger partial charge in [-0.1, -0.05) is 38.0 Å². The number of carbonyl (C=O) groups is 2. The molecule has 1 heterocycles. The minimum atomic E-state index is -0.507. The Hall–Kier alpha value is -1.38. The Kier molecular flexibility index (Phi) is 4.28. The van der Waals surface area contributed by atoms with Gasteiger partial charge in [-0.05, 0) is 13.3 Å². The fraction of sp³-hybridized carbons (Fsp3) is 0.500. The van der Waals surface area contributed by atoms with Crippen molar-refractivity contribution in [3.63, 3.8) is 0 Å². The zero-order valence-corrected chi connectivity index (χ0v) is 9.16. The van der Waals surface area contributed by atoms with Crippen LogP contribution in [0.5, 0.6) is 0 Å². The maximum atomic E-state index is 11.3. The van der Waals surface area contributed by atoms with Crippen LogP contribution in [0.2, 0.25) is 0 Å². The molecule has 15 heavy (non-hydrogen) atoms. The number of hydrogen-bond donors (Lipinski definition) is 0. The van der Waals surface area contributed by atoms with Crippen LogP contribution in [0.25, 0.3) is 0 Å². The van der Waals surface area contributed by atoms with Gasteiger partial charge in [0.25, 0.3) is 0 Å². The molecule has 1 aliphatic rings. The zero-order valence-electron chi connectivity index (χ0n) is 9.16. The normalized spacial score (nSPS) is 24.1. The third kappa shape index (κ3) is 2.78. The topological polar surface area (TPSA) is 43.4 Å². The molecule has 0 bridgehead atoms. The summed E-state index contributed by atoms with van der Waals surface area (Å²) < 4.78 is 4.54. The summed E-state index contributed by atoms with van der Waals surface area (Å²) in [7, 11) is 0. The maximum absolute atomic E-state index is 11.3. The van der Waals surface area contributed by atoms with Crippen LogP contribution in [0.1, 0.15) is 33.1 Å². The molecule has 0 aromatic carbocycles. The molecule has 0 spiro atoms. The highest BCUT2D eigenvalue weighted by atomic mass is 16.6. The van der Waals surface area contributed by atoms with E-state index in [0.717, 1.165) is 19.3 Å². The van der Waals surface area contributed by atoms with Crippen LogP contribution in [-0.2, 0) is 14.3 Å². The summed E-state index contributed by atoms with van der Waals surface area (Å²) in [5.41, 5.74) is 0.452. The Morgan fingerprint density at radius 3 is 2.73 bits per heavy atom. The molecule has 1 unspecified atom stereocenters. The van der Waals surface area contributed by atoms with Crippen molar-refractivity contribution in [2.24, 2.45) is 5.92 Å². The summed E-state index contributed by atoms with van der Waals surface area (Å²) in [6.07, 6.45) is 8.50. The van der Waals surface area contributed by atoms with E-state index >= 15 is 0 Å². The van der Waals surface area contributed by atoms with E-state index in [1.165, 1.54) is 0 Å². The van der Waals surface area contributed by atoms with Gasteiger partial charge >= 0.3 is 11.9 Å². The molecule has 3 heteroatoms. The molecule has 1 saturated heterocycles. The molecule has 3 nitrogen and oxygen atoms in total. The van der Waals surface area contributed by atoms with Gasteiger partial charge in [0.05, 0.1) is 5.57 Å². The number of hydrogen-bond acceptors (Lipinski definition) is 3. The van der Waals surface area contributed by atoms with Gasteiger partial charge < -0.3 is 4.74 Å². The average molecular weight is 208 g/mol. The van der Waals surface area contributed by atoms with Gasteiger partial charge in [0.1, 0.15) is 5.92 Å². The second kappa shape index (κ2) is 5.49. The summed E-state index contributed by atoms with van der Waals surface area (Å²) in [4.78, 5) is 22.5. The molecular formula is C12H16O3. The monoisotopic (exact) mass is 208 g/mol. The highest BCUT2D eigenvalue weighted by molar-refractivity contribution is 6.08. The number of allylic oxidation sites excluding steroid dienone is 2. The van der Waals surface area contributed by atoms with Crippen molar-refractivity contribution in [2.45, 2.75) is 33.1 Å². The lowest BCUT2D eigenvalue weighted by molar-refractivity contribution is -0.152. The van der Waals surface area contributed by atoms with Crippen molar-refractivity contribution in [1.29, 1.82) is 0 Å². The molecule has 1 rings (SSSR count). The predicted molar refractivity (Wildman–Crippen MR) is 57.0 cm³/mol. The van der Waals surface area contributed by atoms with E-state index < -0.39 is 17.9 Å². The molecule has 1 atom stereocenters. The molecule has 82 valence electrons. The molecule has 0 saturated carbocycles. The van der Waals surface area contributed by atoms with Crippen molar-refractivity contribution in [1.82, 2.24) is 0 Å². The Balaban J connectivity index is 2.64. The fourth-order valence-electron chi connectivity index (χ4n) is 1.50. The molecule has 0 amide bonds. The van der Waals surface area contributed by atoms with E-state index in [1.807, 2.05) is 6.08 Å². The van der Waals surface area contributed by atoms with E-state index in [-0.39, 0.29) is 0 Å². The standard InChI is InChI=1S/C12H16O3/c1-3-5-6-7-8-10-9(4-2)11(13)15-12(10)14/h4,7-8,10H,3,5-6H2,1-2H3. The van der Waals surface area contributed by atoms with Crippen molar-refractivity contribution < 1.29 is 14.3 Å². The molecule has 0 N–H and O–H groups in total. The first-order valence-electron chi connectivity index (χ1n) is 5.29. The van der Waals surface area contributed by atoms with Crippen LogP contribution in [0, 0.1) is 5.92 Å². The lowest BCUT2D eigenvalue weighted by atomic mass is 10.0. The van der Waals surface area contributed by atoms with Crippen LogP contribution in [0.15, 0.2) is 23.8 Å². The second-order valence-corrected chi connectivity index (χ2v) is 3.50. The predicted octanol–water partition coefficient (Wildman–Crippen LogP) is 2.38. The number of carbonyl (C=O) groups excluding carboxylic acids is 2. The average Bonchev–Trinajstić information content (AvgIpc) is 2.48. The molecular weight excluding hydrogens is 192 g/mol. The molecule has 0 aromatic heterocycles. The Morgan fingerprint density at radius 1 is 1.40 bits per heavy atom. The molecule has 1 fully saturated rings. The summed E-state index contributed by atoms with van der Waals surface area (Å²) in [5, 5.41) is 0. The number of esters is 2. The van der Waals surface area contributed by atoms with Crippen molar-refractivity contribution in [3.8, 4) is 0 Å². The molecule has 1 aliphatic heterocycles. The third-order valence-electron chi connectivity index (χ3n) is 2.38. The maximum Gasteiger partial charge on any atom is 0.342 e. The van der Waals surface area contributed by atoms with Gasteiger partial charge in [-0.2, -0.15) is 0 Å². The first-order chi connectivity index (χ1) is 7.20. The van der Waals surface area contributed by atoms with Gasteiger partial charge in [0, 0.05) is 0 Å². The first kappa shape index (κ1) is 11.7. The van der Waals surface area contributed by atoms with E-state index in [0.29, 0.717) is 5.57 Å². The van der Waals surface area contributed by atoms with E-state index in [4.69, 9.17) is 0 Å². The summed E-state index contributed by atoms with van der Waals surface area (Å²) in [6.45, 7) is 3.85. The van der Waals surface area contributed by atoms with Crippen molar-refractivity contribution in [3.05, 3.63) is 23.8 Å². The first-order valence-corrected chi connectivity index (χ1v) is 5.29. The number of ether oxygens (including phenoxy) is 1. The van der Waals surface area contributed by atoms with Crippen molar-refractivity contribution >= 4 is 11.9 Å². The van der Waals surface area contributed by atoms with E-state index in [1.54, 1.807) is 19.1 Å². The molecule has 0 aromatic rings. The smallest absolute Gasteiger partial charge is 0.342 e. The number of cyclic esters (lactones) is 2. The highest BCUT2D eigenvalue weighted by Crippen LogP contribution is 2.24. The largest absolute Gasteiger partial charge is 0.389 e.